The minimum absolute atomic E-state index is 0.264. The normalized spacial score (nSPS) is 17.9. The van der Waals surface area contributed by atoms with Crippen LogP contribution in [0.1, 0.15) is 32.5 Å². The molecule has 2 aromatic rings. The van der Waals surface area contributed by atoms with Crippen LogP contribution >= 0.6 is 0 Å². The van der Waals surface area contributed by atoms with Gasteiger partial charge in [-0.3, -0.25) is 4.79 Å². The molecule has 5 heteroatoms. The van der Waals surface area contributed by atoms with E-state index in [0.717, 1.165) is 37.3 Å². The molecule has 122 valence electrons. The third-order valence-electron chi connectivity index (χ3n) is 4.18. The van der Waals surface area contributed by atoms with Crippen molar-refractivity contribution in [3.8, 4) is 11.5 Å². The number of benzene rings is 1. The molecule has 1 saturated heterocycles. The van der Waals surface area contributed by atoms with E-state index >= 15 is 0 Å². The SMILES string of the molecule is CC(C)CC(=O)N1CCC(Cc2noc(-c3ccccc3)n2)C1. The largest absolute Gasteiger partial charge is 0.342 e. The number of likely N-dealkylation sites (tertiary alicyclic amines) is 1. The van der Waals surface area contributed by atoms with Crippen LogP contribution in [0.3, 0.4) is 0 Å². The Morgan fingerprint density at radius 3 is 2.87 bits per heavy atom. The van der Waals surface area contributed by atoms with Crippen molar-refractivity contribution in [2.45, 2.75) is 33.1 Å². The van der Waals surface area contributed by atoms with Gasteiger partial charge >= 0.3 is 0 Å². The van der Waals surface area contributed by atoms with Crippen molar-refractivity contribution in [3.05, 3.63) is 36.2 Å². The molecule has 1 aromatic heterocycles. The van der Waals surface area contributed by atoms with Gasteiger partial charge in [-0.1, -0.05) is 37.2 Å². The van der Waals surface area contributed by atoms with Gasteiger partial charge < -0.3 is 9.42 Å². The number of hydrogen-bond donors (Lipinski definition) is 0. The summed E-state index contributed by atoms with van der Waals surface area (Å²) in [5.41, 5.74) is 0.936. The van der Waals surface area contributed by atoms with Crippen LogP contribution in [0.5, 0.6) is 0 Å². The number of nitrogens with zero attached hydrogens (tertiary/aromatic N) is 3. The Morgan fingerprint density at radius 1 is 1.35 bits per heavy atom. The molecule has 0 saturated carbocycles. The van der Waals surface area contributed by atoms with Crippen molar-refractivity contribution in [2.75, 3.05) is 13.1 Å². The topological polar surface area (TPSA) is 59.2 Å². The zero-order valence-electron chi connectivity index (χ0n) is 13.7. The van der Waals surface area contributed by atoms with Gasteiger partial charge in [0.25, 0.3) is 5.89 Å². The molecule has 1 unspecified atom stereocenters. The van der Waals surface area contributed by atoms with Crippen LogP contribution in [-0.2, 0) is 11.2 Å². The van der Waals surface area contributed by atoms with Crippen LogP contribution in [0.25, 0.3) is 11.5 Å². The average Bonchev–Trinajstić information content (AvgIpc) is 3.17. The minimum Gasteiger partial charge on any atom is -0.342 e. The molecule has 23 heavy (non-hydrogen) atoms. The van der Waals surface area contributed by atoms with E-state index in [0.29, 0.717) is 24.1 Å². The molecule has 0 spiro atoms. The van der Waals surface area contributed by atoms with Gasteiger partial charge in [-0.2, -0.15) is 4.98 Å². The summed E-state index contributed by atoms with van der Waals surface area (Å²) in [5.74, 6) is 2.39. The molecule has 1 amide bonds. The second-order valence-electron chi connectivity index (χ2n) is 6.68. The predicted molar refractivity (Wildman–Crippen MR) is 87.6 cm³/mol. The highest BCUT2D eigenvalue weighted by atomic mass is 16.5. The maximum Gasteiger partial charge on any atom is 0.257 e. The molecule has 2 heterocycles. The van der Waals surface area contributed by atoms with Crippen molar-refractivity contribution in [3.63, 3.8) is 0 Å². The van der Waals surface area contributed by atoms with E-state index in [4.69, 9.17) is 4.52 Å². The maximum atomic E-state index is 12.1. The lowest BCUT2D eigenvalue weighted by molar-refractivity contribution is -0.131. The van der Waals surface area contributed by atoms with Gasteiger partial charge in [-0.05, 0) is 30.4 Å². The molecule has 1 aromatic carbocycles. The van der Waals surface area contributed by atoms with E-state index in [9.17, 15) is 4.79 Å². The number of carbonyl (C=O) groups is 1. The van der Waals surface area contributed by atoms with E-state index in [2.05, 4.69) is 24.0 Å². The van der Waals surface area contributed by atoms with Gasteiger partial charge in [0.05, 0.1) is 0 Å². The summed E-state index contributed by atoms with van der Waals surface area (Å²) in [6.07, 6.45) is 2.41. The summed E-state index contributed by atoms with van der Waals surface area (Å²) in [6.45, 7) is 5.81. The van der Waals surface area contributed by atoms with Gasteiger partial charge in [0.1, 0.15) is 0 Å². The standard InChI is InChI=1S/C18H23N3O2/c1-13(2)10-17(22)21-9-8-14(12-21)11-16-19-18(23-20-16)15-6-4-3-5-7-15/h3-7,13-14H,8-12H2,1-2H3. The highest BCUT2D eigenvalue weighted by Crippen LogP contribution is 2.23. The smallest absolute Gasteiger partial charge is 0.257 e. The Hall–Kier alpha value is -2.17. The van der Waals surface area contributed by atoms with E-state index < -0.39 is 0 Å². The van der Waals surface area contributed by atoms with Crippen molar-refractivity contribution >= 4 is 5.91 Å². The van der Waals surface area contributed by atoms with Gasteiger partial charge in [0.2, 0.25) is 5.91 Å². The van der Waals surface area contributed by atoms with Crippen LogP contribution in [0.15, 0.2) is 34.9 Å². The monoisotopic (exact) mass is 313 g/mol. The van der Waals surface area contributed by atoms with E-state index in [-0.39, 0.29) is 5.91 Å². The fourth-order valence-corrected chi connectivity index (χ4v) is 3.00. The first kappa shape index (κ1) is 15.7. The zero-order chi connectivity index (χ0) is 16.2. The predicted octanol–water partition coefficient (Wildman–Crippen LogP) is 3.17. The molecule has 3 rings (SSSR count). The number of rotatable bonds is 5. The van der Waals surface area contributed by atoms with Gasteiger partial charge in [-0.15, -0.1) is 0 Å². The zero-order valence-corrected chi connectivity index (χ0v) is 13.7. The quantitative estimate of drug-likeness (QED) is 0.850. The first-order chi connectivity index (χ1) is 11.1. The average molecular weight is 313 g/mol. The van der Waals surface area contributed by atoms with Crippen LogP contribution in [-0.4, -0.2) is 34.0 Å². The lowest BCUT2D eigenvalue weighted by atomic mass is 10.0. The Kier molecular flexibility index (Phi) is 4.74. The van der Waals surface area contributed by atoms with Gasteiger partial charge in [0.15, 0.2) is 5.82 Å². The molecule has 0 radical (unpaired) electrons. The third kappa shape index (κ3) is 3.97. The first-order valence-electron chi connectivity index (χ1n) is 8.27. The Labute approximate surface area is 136 Å². The van der Waals surface area contributed by atoms with E-state index in [1.165, 1.54) is 0 Å². The first-order valence-corrected chi connectivity index (χ1v) is 8.27. The van der Waals surface area contributed by atoms with Gasteiger partial charge in [-0.25, -0.2) is 0 Å². The summed E-state index contributed by atoms with van der Waals surface area (Å²) >= 11 is 0. The summed E-state index contributed by atoms with van der Waals surface area (Å²) in [5, 5.41) is 4.08. The maximum absolute atomic E-state index is 12.1. The molecule has 0 N–H and O–H groups in total. The Morgan fingerprint density at radius 2 is 2.13 bits per heavy atom. The van der Waals surface area contributed by atoms with E-state index in [1.807, 2.05) is 35.2 Å². The van der Waals surface area contributed by atoms with E-state index in [1.54, 1.807) is 0 Å². The molecule has 1 aliphatic rings. The fourth-order valence-electron chi connectivity index (χ4n) is 3.00. The molecular formula is C18H23N3O2. The second kappa shape index (κ2) is 6.94. The lowest BCUT2D eigenvalue weighted by Gasteiger charge is -2.17. The molecule has 0 aliphatic carbocycles. The summed E-state index contributed by atoms with van der Waals surface area (Å²) in [7, 11) is 0. The molecule has 1 atom stereocenters. The number of amides is 1. The summed E-state index contributed by atoms with van der Waals surface area (Å²) in [6, 6.07) is 9.78. The molecule has 1 aliphatic heterocycles. The molecular weight excluding hydrogens is 290 g/mol. The van der Waals surface area contributed by atoms with Gasteiger partial charge in [0, 0.05) is 31.5 Å². The van der Waals surface area contributed by atoms with Crippen molar-refractivity contribution in [1.29, 1.82) is 0 Å². The van der Waals surface area contributed by atoms with Crippen LogP contribution in [0.2, 0.25) is 0 Å². The molecule has 0 bridgehead atoms. The highest BCUT2D eigenvalue weighted by molar-refractivity contribution is 5.76. The minimum atomic E-state index is 0.264. The molecule has 5 nitrogen and oxygen atoms in total. The van der Waals surface area contributed by atoms with Crippen molar-refractivity contribution in [2.24, 2.45) is 11.8 Å². The molecule has 1 fully saturated rings. The fraction of sp³-hybridized carbons (Fsp3) is 0.500. The number of aromatic nitrogens is 2. The van der Waals surface area contributed by atoms with Crippen molar-refractivity contribution in [1.82, 2.24) is 15.0 Å². The number of hydrogen-bond acceptors (Lipinski definition) is 4. The highest BCUT2D eigenvalue weighted by Gasteiger charge is 2.27. The second-order valence-corrected chi connectivity index (χ2v) is 6.68. The third-order valence-corrected chi connectivity index (χ3v) is 4.18. The van der Waals surface area contributed by atoms with Crippen molar-refractivity contribution < 1.29 is 9.32 Å². The Balaban J connectivity index is 1.57. The van der Waals surface area contributed by atoms with Crippen LogP contribution in [0, 0.1) is 11.8 Å². The Bertz CT molecular complexity index is 651. The lowest BCUT2D eigenvalue weighted by Crippen LogP contribution is -2.29. The summed E-state index contributed by atoms with van der Waals surface area (Å²) < 4.78 is 5.35. The van der Waals surface area contributed by atoms with Crippen LogP contribution < -0.4 is 0 Å². The number of carbonyl (C=O) groups excluding carboxylic acids is 1. The summed E-state index contributed by atoms with van der Waals surface area (Å²) in [4.78, 5) is 18.6. The van der Waals surface area contributed by atoms with Crippen LogP contribution in [0.4, 0.5) is 0 Å².